The third kappa shape index (κ3) is 2.34. The summed E-state index contributed by atoms with van der Waals surface area (Å²) in [6.45, 7) is 4.37. The minimum absolute atomic E-state index is 0. The average Bonchev–Trinajstić information content (AvgIpc) is 2.84. The van der Waals surface area contributed by atoms with Crippen LogP contribution < -0.4 is 0 Å². The van der Waals surface area contributed by atoms with Gasteiger partial charge < -0.3 is 15.9 Å². The van der Waals surface area contributed by atoms with Crippen LogP contribution in [0.4, 0.5) is 0 Å². The van der Waals surface area contributed by atoms with E-state index in [0.29, 0.717) is 0 Å². The topological polar surface area (TPSA) is 85.7 Å². The van der Waals surface area contributed by atoms with Crippen molar-refractivity contribution >= 4 is 32.6 Å². The first-order chi connectivity index (χ1) is 9.27. The molecule has 0 aliphatic carbocycles. The summed E-state index contributed by atoms with van der Waals surface area (Å²) >= 11 is 0. The predicted octanol–water partition coefficient (Wildman–Crippen LogP) is 4.25. The molecule has 0 radical (unpaired) electrons. The number of hydrogen-bond donors (Lipinski definition) is 1. The molecule has 1 N–H and O–H groups in total. The smallest absolute Gasteiger partial charge is 2.00 e. The number of para-hydroxylation sites is 1. The van der Waals surface area contributed by atoms with Gasteiger partial charge in [-0.3, -0.25) is 4.98 Å². The number of benzene rings is 2. The van der Waals surface area contributed by atoms with Crippen molar-refractivity contribution < 1.29 is 32.7 Å². The van der Waals surface area contributed by atoms with Crippen LogP contribution in [-0.4, -0.2) is 9.97 Å². The molecular weight excluding hydrogens is 312 g/mol. The number of nitrogens with zero attached hydrogens (tertiary/aromatic N) is 1. The summed E-state index contributed by atoms with van der Waals surface area (Å²) < 4.78 is 0. The van der Waals surface area contributed by atoms with Crippen molar-refractivity contribution in [3.05, 3.63) is 53.9 Å². The molecule has 4 aromatic rings. The van der Waals surface area contributed by atoms with Crippen molar-refractivity contribution in [2.24, 2.45) is 0 Å². The van der Waals surface area contributed by atoms with Crippen LogP contribution >= 0.6 is 0 Å². The summed E-state index contributed by atoms with van der Waals surface area (Å²) in [5.41, 5.74) is 5.06. The van der Waals surface area contributed by atoms with Gasteiger partial charge in [-0.05, 0) is 42.5 Å². The summed E-state index contributed by atoms with van der Waals surface area (Å²) in [6.07, 6.45) is 3.84. The molecule has 4 rings (SSSR count). The molecule has 0 unspecified atom stereocenters. The van der Waals surface area contributed by atoms with E-state index < -0.39 is 0 Å². The van der Waals surface area contributed by atoms with Gasteiger partial charge in [0.05, 0.1) is 5.52 Å². The molecule has 0 saturated heterocycles. The zero-order valence-corrected chi connectivity index (χ0v) is 13.9. The van der Waals surface area contributed by atoms with E-state index in [1.165, 1.54) is 43.7 Å². The summed E-state index contributed by atoms with van der Waals surface area (Å²) in [6, 6.07) is 10.6. The van der Waals surface area contributed by atoms with Gasteiger partial charge in [-0.25, -0.2) is 0 Å². The molecule has 2 aromatic carbocycles. The maximum Gasteiger partial charge on any atom is 4.00 e. The Morgan fingerprint density at radius 1 is 0.864 bits per heavy atom. The molecule has 0 aliphatic rings. The number of hydrogen-bond acceptors (Lipinski definition) is 1. The van der Waals surface area contributed by atoms with Gasteiger partial charge in [-0.1, -0.05) is 18.2 Å². The number of pyridine rings is 1. The number of aromatic amines is 1. The van der Waals surface area contributed by atoms with Crippen LogP contribution in [0.1, 0.15) is 11.1 Å². The standard InChI is InChI=1S/C17H14N2.2O.Ti/c1-10-14-9-18-8-7-12(14)11(2)17-16(10)13-5-3-4-6-15(13)19-17;;;/h3-9,19H,1-2H3;;;/q;2*-2;+4. The van der Waals surface area contributed by atoms with E-state index in [-0.39, 0.29) is 32.7 Å². The van der Waals surface area contributed by atoms with Crippen molar-refractivity contribution in [1.82, 2.24) is 9.97 Å². The van der Waals surface area contributed by atoms with Crippen LogP contribution in [0.15, 0.2) is 42.7 Å². The molecular formula is C17H14N2O2Ti. The van der Waals surface area contributed by atoms with Crippen LogP contribution in [0, 0.1) is 13.8 Å². The molecule has 4 nitrogen and oxygen atoms in total. The summed E-state index contributed by atoms with van der Waals surface area (Å²) in [4.78, 5) is 7.83. The second-order valence-corrected chi connectivity index (χ2v) is 5.09. The third-order valence-corrected chi connectivity index (χ3v) is 4.09. The van der Waals surface area contributed by atoms with E-state index in [9.17, 15) is 0 Å². The Morgan fingerprint density at radius 2 is 1.59 bits per heavy atom. The summed E-state index contributed by atoms with van der Waals surface area (Å²) in [5.74, 6) is 0. The van der Waals surface area contributed by atoms with Gasteiger partial charge in [-0.2, -0.15) is 0 Å². The zero-order chi connectivity index (χ0) is 13.0. The predicted molar refractivity (Wildman–Crippen MR) is 82.0 cm³/mol. The Hall–Kier alpha value is -1.72. The zero-order valence-electron chi connectivity index (χ0n) is 12.3. The fourth-order valence-electron chi connectivity index (χ4n) is 3.10. The molecule has 2 heterocycles. The van der Waals surface area contributed by atoms with Crippen LogP contribution in [0.25, 0.3) is 32.6 Å². The van der Waals surface area contributed by atoms with Crippen LogP contribution in [0.5, 0.6) is 0 Å². The summed E-state index contributed by atoms with van der Waals surface area (Å²) in [5, 5.41) is 5.15. The molecule has 5 heteroatoms. The van der Waals surface area contributed by atoms with Crippen LogP contribution in [0.2, 0.25) is 0 Å². The van der Waals surface area contributed by atoms with Gasteiger partial charge in [0.15, 0.2) is 0 Å². The van der Waals surface area contributed by atoms with Crippen molar-refractivity contribution in [3.8, 4) is 0 Å². The van der Waals surface area contributed by atoms with Crippen molar-refractivity contribution in [2.45, 2.75) is 13.8 Å². The fraction of sp³-hybridized carbons (Fsp3) is 0.118. The normalized spacial score (nSPS) is 10.1. The largest absolute Gasteiger partial charge is 4.00 e. The number of fused-ring (bicyclic) bond motifs is 4. The quantitative estimate of drug-likeness (QED) is 0.481. The molecule has 0 fully saturated rings. The average molecular weight is 326 g/mol. The monoisotopic (exact) mass is 326 g/mol. The van der Waals surface area contributed by atoms with Crippen LogP contribution in [-0.2, 0) is 32.7 Å². The Balaban J connectivity index is 0.000000807. The number of nitrogens with one attached hydrogen (secondary N) is 1. The first kappa shape index (κ1) is 18.3. The maximum atomic E-state index is 4.28. The molecule has 0 aliphatic heterocycles. The fourth-order valence-corrected chi connectivity index (χ4v) is 3.10. The first-order valence-corrected chi connectivity index (χ1v) is 6.50. The van der Waals surface area contributed by atoms with Crippen molar-refractivity contribution in [1.29, 1.82) is 0 Å². The van der Waals surface area contributed by atoms with Crippen molar-refractivity contribution in [3.63, 3.8) is 0 Å². The maximum absolute atomic E-state index is 4.28. The van der Waals surface area contributed by atoms with E-state index in [4.69, 9.17) is 0 Å². The Labute approximate surface area is 143 Å². The number of H-pyrrole nitrogens is 1. The van der Waals surface area contributed by atoms with Crippen LogP contribution in [0.3, 0.4) is 0 Å². The Bertz CT molecular complexity index is 948. The number of aromatic nitrogens is 2. The van der Waals surface area contributed by atoms with Gasteiger partial charge >= 0.3 is 21.7 Å². The molecule has 0 saturated carbocycles. The number of rotatable bonds is 0. The molecule has 0 bridgehead atoms. The van der Waals surface area contributed by atoms with Gasteiger partial charge in [-0.15, -0.1) is 0 Å². The third-order valence-electron chi connectivity index (χ3n) is 4.09. The second kappa shape index (κ2) is 6.59. The van der Waals surface area contributed by atoms with Crippen molar-refractivity contribution in [2.75, 3.05) is 0 Å². The Kier molecular flexibility index (Phi) is 5.49. The second-order valence-electron chi connectivity index (χ2n) is 5.09. The van der Waals surface area contributed by atoms with E-state index in [1.807, 2.05) is 12.4 Å². The molecule has 22 heavy (non-hydrogen) atoms. The van der Waals surface area contributed by atoms with Gasteiger partial charge in [0, 0.05) is 34.1 Å². The van der Waals surface area contributed by atoms with E-state index in [2.05, 4.69) is 54.1 Å². The minimum atomic E-state index is 0. The number of aryl methyl sites for hydroxylation is 2. The SMILES string of the molecule is Cc1c2ccncc2c(C)c2c1[nH]c1ccccc12.[O-2].[O-2].[Ti+4]. The summed E-state index contributed by atoms with van der Waals surface area (Å²) in [7, 11) is 0. The van der Waals surface area contributed by atoms with E-state index in [1.54, 1.807) is 0 Å². The molecule has 0 atom stereocenters. The van der Waals surface area contributed by atoms with Gasteiger partial charge in [0.25, 0.3) is 0 Å². The molecule has 0 spiro atoms. The van der Waals surface area contributed by atoms with Gasteiger partial charge in [0.1, 0.15) is 0 Å². The van der Waals surface area contributed by atoms with E-state index in [0.717, 1.165) is 0 Å². The van der Waals surface area contributed by atoms with E-state index >= 15 is 0 Å². The Morgan fingerprint density at radius 3 is 2.36 bits per heavy atom. The molecule has 2 aromatic heterocycles. The first-order valence-electron chi connectivity index (χ1n) is 6.50. The molecule has 0 amide bonds. The van der Waals surface area contributed by atoms with Gasteiger partial charge in [0.2, 0.25) is 0 Å². The minimum Gasteiger partial charge on any atom is -2.00 e. The molecule has 108 valence electrons.